The van der Waals surface area contributed by atoms with Crippen LogP contribution in [0.4, 0.5) is 0 Å². The first kappa shape index (κ1) is 11.5. The lowest BCUT2D eigenvalue weighted by molar-refractivity contribution is 0.241. The van der Waals surface area contributed by atoms with E-state index in [1.54, 1.807) is 6.92 Å². The van der Waals surface area contributed by atoms with Crippen LogP contribution in [0.5, 0.6) is 0 Å². The second kappa shape index (κ2) is 4.79. The van der Waals surface area contributed by atoms with Crippen molar-refractivity contribution in [2.75, 3.05) is 0 Å². The van der Waals surface area contributed by atoms with Gasteiger partial charge in [0.05, 0.1) is 6.10 Å². The SMILES string of the molecule is CC1=CC(C)C(C=CC(C)O)C(C)C1. The molecule has 0 amide bonds. The topological polar surface area (TPSA) is 20.2 Å². The zero-order valence-corrected chi connectivity index (χ0v) is 9.70. The molecule has 1 nitrogen and oxygen atoms in total. The first-order chi connectivity index (χ1) is 6.50. The van der Waals surface area contributed by atoms with Crippen LogP contribution in [-0.2, 0) is 0 Å². The van der Waals surface area contributed by atoms with Gasteiger partial charge in [-0.25, -0.2) is 0 Å². The summed E-state index contributed by atoms with van der Waals surface area (Å²) in [7, 11) is 0. The number of hydrogen-bond acceptors (Lipinski definition) is 1. The summed E-state index contributed by atoms with van der Waals surface area (Å²) in [6.07, 6.45) is 7.33. The Morgan fingerprint density at radius 1 is 1.50 bits per heavy atom. The smallest absolute Gasteiger partial charge is 0.0692 e. The summed E-state index contributed by atoms with van der Waals surface area (Å²) in [4.78, 5) is 0. The second-order valence-electron chi connectivity index (χ2n) is 4.76. The summed E-state index contributed by atoms with van der Waals surface area (Å²) >= 11 is 0. The van der Waals surface area contributed by atoms with Gasteiger partial charge in [0.15, 0.2) is 0 Å². The zero-order valence-electron chi connectivity index (χ0n) is 9.70. The molecule has 0 aromatic carbocycles. The standard InChI is InChI=1S/C13H22O/c1-9-7-10(2)13(11(3)8-9)6-5-12(4)14/h5-7,10-14H,8H2,1-4H3. The van der Waals surface area contributed by atoms with E-state index in [2.05, 4.69) is 32.9 Å². The van der Waals surface area contributed by atoms with Crippen LogP contribution < -0.4 is 0 Å². The maximum absolute atomic E-state index is 9.21. The normalized spacial score (nSPS) is 35.8. The lowest BCUT2D eigenvalue weighted by Crippen LogP contribution is -2.21. The summed E-state index contributed by atoms with van der Waals surface area (Å²) in [6.45, 7) is 8.57. The van der Waals surface area contributed by atoms with E-state index in [0.717, 1.165) is 0 Å². The summed E-state index contributed by atoms with van der Waals surface area (Å²) in [5.74, 6) is 1.90. The summed E-state index contributed by atoms with van der Waals surface area (Å²) in [5, 5.41) is 9.21. The molecule has 0 fully saturated rings. The van der Waals surface area contributed by atoms with E-state index in [4.69, 9.17) is 0 Å². The van der Waals surface area contributed by atoms with Crippen molar-refractivity contribution in [1.82, 2.24) is 0 Å². The summed E-state index contributed by atoms with van der Waals surface area (Å²) in [6, 6.07) is 0. The van der Waals surface area contributed by atoms with Gasteiger partial charge in [0.25, 0.3) is 0 Å². The van der Waals surface area contributed by atoms with Gasteiger partial charge in [-0.15, -0.1) is 0 Å². The molecule has 1 N–H and O–H groups in total. The Morgan fingerprint density at radius 3 is 2.64 bits per heavy atom. The third-order valence-electron chi connectivity index (χ3n) is 3.07. The number of hydrogen-bond donors (Lipinski definition) is 1. The highest BCUT2D eigenvalue weighted by atomic mass is 16.3. The maximum atomic E-state index is 9.21. The summed E-state index contributed by atoms with van der Waals surface area (Å²) < 4.78 is 0. The molecule has 0 aromatic heterocycles. The molecule has 0 heterocycles. The van der Waals surface area contributed by atoms with E-state index in [9.17, 15) is 5.11 Å². The molecule has 0 saturated carbocycles. The Balaban J connectivity index is 2.69. The van der Waals surface area contributed by atoms with Gasteiger partial charge in [-0.1, -0.05) is 37.6 Å². The van der Waals surface area contributed by atoms with Crippen molar-refractivity contribution in [2.45, 2.75) is 40.2 Å². The predicted molar refractivity (Wildman–Crippen MR) is 61.0 cm³/mol. The molecule has 1 rings (SSSR count). The molecule has 1 heteroatoms. The maximum Gasteiger partial charge on any atom is 0.0692 e. The van der Waals surface area contributed by atoms with Crippen LogP contribution in [0, 0.1) is 17.8 Å². The average molecular weight is 194 g/mol. The van der Waals surface area contributed by atoms with E-state index in [1.165, 1.54) is 12.0 Å². The molecular formula is C13H22O. The van der Waals surface area contributed by atoms with Gasteiger partial charge in [-0.05, 0) is 38.0 Å². The Kier molecular flexibility index (Phi) is 3.94. The van der Waals surface area contributed by atoms with Crippen LogP contribution in [0.25, 0.3) is 0 Å². The number of rotatable bonds is 2. The van der Waals surface area contributed by atoms with Gasteiger partial charge < -0.3 is 5.11 Å². The molecule has 4 unspecified atom stereocenters. The molecular weight excluding hydrogens is 172 g/mol. The van der Waals surface area contributed by atoms with Crippen molar-refractivity contribution >= 4 is 0 Å². The molecule has 0 bridgehead atoms. The Bertz CT molecular complexity index is 238. The second-order valence-corrected chi connectivity index (χ2v) is 4.76. The summed E-state index contributed by atoms with van der Waals surface area (Å²) in [5.41, 5.74) is 1.51. The predicted octanol–water partition coefficient (Wildman–Crippen LogP) is 3.16. The molecule has 0 aromatic rings. The fourth-order valence-corrected chi connectivity index (χ4v) is 2.44. The van der Waals surface area contributed by atoms with Crippen LogP contribution in [0.1, 0.15) is 34.1 Å². The first-order valence-electron chi connectivity index (χ1n) is 5.54. The highest BCUT2D eigenvalue weighted by Crippen LogP contribution is 2.34. The fraction of sp³-hybridized carbons (Fsp3) is 0.692. The van der Waals surface area contributed by atoms with Crippen LogP contribution in [0.3, 0.4) is 0 Å². The third-order valence-corrected chi connectivity index (χ3v) is 3.07. The van der Waals surface area contributed by atoms with Gasteiger partial charge in [0, 0.05) is 0 Å². The number of aliphatic hydroxyl groups is 1. The molecule has 1 aliphatic carbocycles. The molecule has 0 spiro atoms. The Morgan fingerprint density at radius 2 is 2.14 bits per heavy atom. The lowest BCUT2D eigenvalue weighted by Gasteiger charge is -2.30. The van der Waals surface area contributed by atoms with E-state index in [1.807, 2.05) is 6.08 Å². The molecule has 0 saturated heterocycles. The van der Waals surface area contributed by atoms with Gasteiger partial charge in [-0.3, -0.25) is 0 Å². The minimum Gasteiger partial charge on any atom is -0.389 e. The third kappa shape index (κ3) is 2.98. The minimum absolute atomic E-state index is 0.318. The minimum atomic E-state index is -0.318. The molecule has 14 heavy (non-hydrogen) atoms. The Hall–Kier alpha value is -0.560. The number of aliphatic hydroxyl groups excluding tert-OH is 1. The van der Waals surface area contributed by atoms with Crippen LogP contribution in [-0.4, -0.2) is 11.2 Å². The molecule has 1 aliphatic rings. The molecule has 80 valence electrons. The largest absolute Gasteiger partial charge is 0.389 e. The van der Waals surface area contributed by atoms with E-state index >= 15 is 0 Å². The number of allylic oxidation sites excluding steroid dienone is 3. The lowest BCUT2D eigenvalue weighted by atomic mass is 9.75. The van der Waals surface area contributed by atoms with Crippen molar-refractivity contribution in [3.8, 4) is 0 Å². The van der Waals surface area contributed by atoms with E-state index in [0.29, 0.717) is 17.8 Å². The van der Waals surface area contributed by atoms with Crippen molar-refractivity contribution in [3.63, 3.8) is 0 Å². The Labute approximate surface area is 87.5 Å². The van der Waals surface area contributed by atoms with Crippen molar-refractivity contribution in [1.29, 1.82) is 0 Å². The van der Waals surface area contributed by atoms with Crippen molar-refractivity contribution in [3.05, 3.63) is 23.8 Å². The monoisotopic (exact) mass is 194 g/mol. The zero-order chi connectivity index (χ0) is 10.7. The van der Waals surface area contributed by atoms with Crippen LogP contribution in [0.15, 0.2) is 23.8 Å². The fourth-order valence-electron chi connectivity index (χ4n) is 2.44. The highest BCUT2D eigenvalue weighted by molar-refractivity contribution is 5.12. The van der Waals surface area contributed by atoms with Gasteiger partial charge in [0.2, 0.25) is 0 Å². The van der Waals surface area contributed by atoms with Crippen molar-refractivity contribution < 1.29 is 5.11 Å². The molecule has 0 aliphatic heterocycles. The quantitative estimate of drug-likeness (QED) is 0.669. The van der Waals surface area contributed by atoms with E-state index < -0.39 is 0 Å². The van der Waals surface area contributed by atoms with Crippen LogP contribution >= 0.6 is 0 Å². The van der Waals surface area contributed by atoms with Gasteiger partial charge >= 0.3 is 0 Å². The van der Waals surface area contributed by atoms with E-state index in [-0.39, 0.29) is 6.10 Å². The molecule has 0 radical (unpaired) electrons. The first-order valence-corrected chi connectivity index (χ1v) is 5.54. The van der Waals surface area contributed by atoms with Crippen LogP contribution in [0.2, 0.25) is 0 Å². The molecule has 4 atom stereocenters. The van der Waals surface area contributed by atoms with Crippen molar-refractivity contribution in [2.24, 2.45) is 17.8 Å². The average Bonchev–Trinajstić information content (AvgIpc) is 2.01. The highest BCUT2D eigenvalue weighted by Gasteiger charge is 2.24. The van der Waals surface area contributed by atoms with Gasteiger partial charge in [-0.2, -0.15) is 0 Å². The van der Waals surface area contributed by atoms with Gasteiger partial charge in [0.1, 0.15) is 0 Å².